The lowest BCUT2D eigenvalue weighted by molar-refractivity contribution is -0.114. The molecule has 0 aromatic heterocycles. The second-order valence-electron chi connectivity index (χ2n) is 5.29. The third-order valence-electron chi connectivity index (χ3n) is 3.42. The molecule has 1 N–H and O–H groups in total. The summed E-state index contributed by atoms with van der Waals surface area (Å²) in [4.78, 5) is 12.4. The van der Waals surface area contributed by atoms with Crippen LogP contribution >= 0.6 is 11.6 Å². The highest BCUT2D eigenvalue weighted by molar-refractivity contribution is 7.92. The van der Waals surface area contributed by atoms with Crippen LogP contribution in [0.3, 0.4) is 0 Å². The maximum absolute atomic E-state index is 12.4. The van der Waals surface area contributed by atoms with Crippen LogP contribution in [0.5, 0.6) is 5.75 Å². The summed E-state index contributed by atoms with van der Waals surface area (Å²) in [6.45, 7) is -0.507. The third-order valence-corrected chi connectivity index (χ3v) is 4.78. The Hall–Kier alpha value is -2.76. The Morgan fingerprint density at radius 2 is 2.00 bits per heavy atom. The summed E-state index contributed by atoms with van der Waals surface area (Å²) in [6, 6.07) is 12.7. The largest absolute Gasteiger partial charge is 0.495 e. The van der Waals surface area contributed by atoms with Crippen molar-refractivity contribution in [1.82, 2.24) is 0 Å². The van der Waals surface area contributed by atoms with E-state index in [2.05, 4.69) is 5.32 Å². The number of amides is 1. The molecule has 0 spiro atoms. The van der Waals surface area contributed by atoms with Gasteiger partial charge in [-0.15, -0.1) is 0 Å². The van der Waals surface area contributed by atoms with E-state index in [9.17, 15) is 18.5 Å². The molecule has 0 heterocycles. The van der Waals surface area contributed by atoms with Crippen molar-refractivity contribution in [3.05, 3.63) is 53.1 Å². The number of sulfonamides is 1. The van der Waals surface area contributed by atoms with E-state index in [-0.39, 0.29) is 11.3 Å². The number of carbonyl (C=O) groups excluding carboxylic acids is 1. The van der Waals surface area contributed by atoms with Gasteiger partial charge in [0.2, 0.25) is 15.9 Å². The van der Waals surface area contributed by atoms with Gasteiger partial charge in [0.15, 0.2) is 0 Å². The monoisotopic (exact) mass is 393 g/mol. The molecule has 0 saturated heterocycles. The van der Waals surface area contributed by atoms with Gasteiger partial charge < -0.3 is 10.1 Å². The molecule has 0 bridgehead atoms. The number of rotatable bonds is 6. The fraction of sp³-hybridized carbons (Fsp3) is 0.176. The lowest BCUT2D eigenvalue weighted by atomic mass is 10.2. The number of carbonyl (C=O) groups is 1. The molecule has 26 heavy (non-hydrogen) atoms. The van der Waals surface area contributed by atoms with E-state index in [1.807, 2.05) is 6.07 Å². The van der Waals surface area contributed by atoms with Gasteiger partial charge in [-0.05, 0) is 30.3 Å². The molecule has 0 aliphatic carbocycles. The fourth-order valence-electron chi connectivity index (χ4n) is 2.26. The highest BCUT2D eigenvalue weighted by Crippen LogP contribution is 2.28. The Kier molecular flexibility index (Phi) is 6.08. The van der Waals surface area contributed by atoms with Gasteiger partial charge in [0.1, 0.15) is 18.4 Å². The number of nitriles is 1. The molecule has 2 rings (SSSR count). The van der Waals surface area contributed by atoms with Crippen LogP contribution in [0.2, 0.25) is 5.02 Å². The Morgan fingerprint density at radius 3 is 2.62 bits per heavy atom. The van der Waals surface area contributed by atoms with Crippen molar-refractivity contribution in [2.24, 2.45) is 0 Å². The van der Waals surface area contributed by atoms with Crippen LogP contribution < -0.4 is 14.4 Å². The number of para-hydroxylation sites is 1. The topological polar surface area (TPSA) is 99.5 Å². The van der Waals surface area contributed by atoms with E-state index in [1.54, 1.807) is 24.3 Å². The molecule has 2 aromatic rings. The molecule has 2 aromatic carbocycles. The first-order valence-electron chi connectivity index (χ1n) is 7.36. The maximum Gasteiger partial charge on any atom is 0.245 e. The SMILES string of the molecule is COc1ccc(Cl)cc1NC(=O)CN(c1ccccc1C#N)S(C)(=O)=O. The first-order valence-corrected chi connectivity index (χ1v) is 9.59. The number of halogens is 1. The molecule has 0 saturated carbocycles. The summed E-state index contributed by atoms with van der Waals surface area (Å²) in [7, 11) is -2.36. The van der Waals surface area contributed by atoms with Gasteiger partial charge in [0, 0.05) is 5.02 Å². The number of benzene rings is 2. The minimum atomic E-state index is -3.80. The summed E-state index contributed by atoms with van der Waals surface area (Å²) in [5.41, 5.74) is 0.587. The van der Waals surface area contributed by atoms with Crippen molar-refractivity contribution >= 4 is 38.9 Å². The van der Waals surface area contributed by atoms with Crippen LogP contribution in [-0.4, -0.2) is 34.2 Å². The molecule has 0 radical (unpaired) electrons. The zero-order valence-electron chi connectivity index (χ0n) is 14.1. The van der Waals surface area contributed by atoms with Crippen molar-refractivity contribution in [3.8, 4) is 11.8 Å². The number of nitrogens with zero attached hydrogens (tertiary/aromatic N) is 2. The van der Waals surface area contributed by atoms with Gasteiger partial charge in [-0.1, -0.05) is 23.7 Å². The standard InChI is InChI=1S/C17H16ClN3O4S/c1-25-16-8-7-13(18)9-14(16)20-17(22)11-21(26(2,23)24)15-6-4-3-5-12(15)10-19/h3-9H,11H2,1-2H3,(H,20,22). The zero-order valence-corrected chi connectivity index (χ0v) is 15.6. The predicted octanol–water partition coefficient (Wildman–Crippen LogP) is 2.62. The molecule has 136 valence electrons. The Labute approximate surface area is 156 Å². The molecule has 7 nitrogen and oxygen atoms in total. The van der Waals surface area contributed by atoms with Gasteiger partial charge in [-0.25, -0.2) is 8.42 Å². The highest BCUT2D eigenvalue weighted by Gasteiger charge is 2.23. The number of hydrogen-bond donors (Lipinski definition) is 1. The predicted molar refractivity (Wildman–Crippen MR) is 100.0 cm³/mol. The van der Waals surface area contributed by atoms with Crippen LogP contribution in [0.25, 0.3) is 0 Å². The van der Waals surface area contributed by atoms with E-state index in [0.717, 1.165) is 10.6 Å². The Balaban J connectivity index is 2.32. The minimum Gasteiger partial charge on any atom is -0.495 e. The van der Waals surface area contributed by atoms with Gasteiger partial charge in [0.05, 0.1) is 30.3 Å². The summed E-state index contributed by atoms with van der Waals surface area (Å²) >= 11 is 5.92. The molecular weight excluding hydrogens is 378 g/mol. The van der Waals surface area contributed by atoms with Crippen LogP contribution in [0.1, 0.15) is 5.56 Å². The smallest absolute Gasteiger partial charge is 0.245 e. The first kappa shape index (κ1) is 19.6. The maximum atomic E-state index is 12.4. The van der Waals surface area contributed by atoms with Gasteiger partial charge in [-0.2, -0.15) is 5.26 Å². The third kappa shape index (κ3) is 4.65. The normalized spacial score (nSPS) is 10.7. The summed E-state index contributed by atoms with van der Waals surface area (Å²) < 4.78 is 30.3. The first-order chi connectivity index (χ1) is 12.3. The zero-order chi connectivity index (χ0) is 19.3. The minimum absolute atomic E-state index is 0.130. The van der Waals surface area contributed by atoms with Crippen molar-refractivity contribution in [2.45, 2.75) is 0 Å². The highest BCUT2D eigenvalue weighted by atomic mass is 35.5. The van der Waals surface area contributed by atoms with E-state index < -0.39 is 22.5 Å². The van der Waals surface area contributed by atoms with E-state index in [4.69, 9.17) is 16.3 Å². The van der Waals surface area contributed by atoms with E-state index in [1.165, 1.54) is 25.3 Å². The fourth-order valence-corrected chi connectivity index (χ4v) is 3.31. The number of ether oxygens (including phenoxy) is 1. The second kappa shape index (κ2) is 8.08. The number of anilines is 2. The quantitative estimate of drug-likeness (QED) is 0.813. The molecular formula is C17H16ClN3O4S. The van der Waals surface area contributed by atoms with Crippen LogP contribution in [0.4, 0.5) is 11.4 Å². The molecule has 9 heteroatoms. The van der Waals surface area contributed by atoms with Crippen molar-refractivity contribution < 1.29 is 17.9 Å². The summed E-state index contributed by atoms with van der Waals surface area (Å²) in [5.74, 6) is -0.227. The van der Waals surface area contributed by atoms with Crippen LogP contribution in [0.15, 0.2) is 42.5 Å². The van der Waals surface area contributed by atoms with Crippen molar-refractivity contribution in [1.29, 1.82) is 5.26 Å². The van der Waals surface area contributed by atoms with Crippen molar-refractivity contribution in [3.63, 3.8) is 0 Å². The molecule has 0 aliphatic rings. The number of hydrogen-bond acceptors (Lipinski definition) is 5. The van der Waals surface area contributed by atoms with Gasteiger partial charge in [0.25, 0.3) is 0 Å². The molecule has 0 fully saturated rings. The Bertz CT molecular complexity index is 970. The van der Waals surface area contributed by atoms with Crippen molar-refractivity contribution in [2.75, 3.05) is 29.5 Å². The number of nitrogens with one attached hydrogen (secondary N) is 1. The molecule has 0 aliphatic heterocycles. The number of methoxy groups -OCH3 is 1. The van der Waals surface area contributed by atoms with Crippen LogP contribution in [-0.2, 0) is 14.8 Å². The van der Waals surface area contributed by atoms with Gasteiger partial charge >= 0.3 is 0 Å². The lowest BCUT2D eigenvalue weighted by Crippen LogP contribution is -2.38. The lowest BCUT2D eigenvalue weighted by Gasteiger charge is -2.23. The second-order valence-corrected chi connectivity index (χ2v) is 7.63. The van der Waals surface area contributed by atoms with Crippen LogP contribution in [0, 0.1) is 11.3 Å². The average molecular weight is 394 g/mol. The van der Waals surface area contributed by atoms with Gasteiger partial charge in [-0.3, -0.25) is 9.10 Å². The molecule has 0 unspecified atom stereocenters. The average Bonchev–Trinajstić information content (AvgIpc) is 2.59. The Morgan fingerprint density at radius 1 is 1.31 bits per heavy atom. The summed E-state index contributed by atoms with van der Waals surface area (Å²) in [5, 5.41) is 12.2. The van der Waals surface area contributed by atoms with E-state index >= 15 is 0 Å². The molecule has 1 amide bonds. The molecule has 0 atom stereocenters. The van der Waals surface area contributed by atoms with E-state index in [0.29, 0.717) is 16.5 Å². The summed E-state index contributed by atoms with van der Waals surface area (Å²) in [6.07, 6.45) is 0.967.